The van der Waals surface area contributed by atoms with Crippen molar-refractivity contribution in [2.75, 3.05) is 13.1 Å². The van der Waals surface area contributed by atoms with Crippen molar-refractivity contribution in [2.24, 2.45) is 0 Å². The van der Waals surface area contributed by atoms with E-state index in [0.29, 0.717) is 11.4 Å². The number of hydrogen-bond acceptors (Lipinski definition) is 2. The van der Waals surface area contributed by atoms with Crippen LogP contribution in [0.2, 0.25) is 5.02 Å². The van der Waals surface area contributed by atoms with Crippen molar-refractivity contribution in [1.29, 1.82) is 0 Å². The van der Waals surface area contributed by atoms with E-state index < -0.39 is 0 Å². The molecule has 0 spiro atoms. The van der Waals surface area contributed by atoms with Crippen LogP contribution in [0.3, 0.4) is 0 Å². The van der Waals surface area contributed by atoms with Gasteiger partial charge in [0.2, 0.25) is 5.91 Å². The van der Waals surface area contributed by atoms with Crippen LogP contribution in [-0.4, -0.2) is 19.0 Å². The van der Waals surface area contributed by atoms with Crippen molar-refractivity contribution >= 4 is 17.5 Å². The second-order valence-electron chi connectivity index (χ2n) is 3.63. The predicted octanol–water partition coefficient (Wildman–Crippen LogP) is 1.49. The molecule has 3 nitrogen and oxygen atoms in total. The topological polar surface area (TPSA) is 41.1 Å². The SMILES string of the molecule is O=C1CCNCC(c2cccc(Cl)c2)N1. The molecule has 1 unspecified atom stereocenters. The molecule has 0 radical (unpaired) electrons. The van der Waals surface area contributed by atoms with E-state index in [9.17, 15) is 4.79 Å². The zero-order valence-electron chi connectivity index (χ0n) is 8.29. The minimum Gasteiger partial charge on any atom is -0.348 e. The van der Waals surface area contributed by atoms with Crippen LogP contribution in [-0.2, 0) is 4.79 Å². The van der Waals surface area contributed by atoms with Crippen molar-refractivity contribution in [2.45, 2.75) is 12.5 Å². The Balaban J connectivity index is 2.18. The number of hydrogen-bond donors (Lipinski definition) is 2. The summed E-state index contributed by atoms with van der Waals surface area (Å²) in [6.45, 7) is 1.50. The van der Waals surface area contributed by atoms with E-state index >= 15 is 0 Å². The van der Waals surface area contributed by atoms with Gasteiger partial charge in [0.1, 0.15) is 0 Å². The second-order valence-corrected chi connectivity index (χ2v) is 4.07. The highest BCUT2D eigenvalue weighted by Crippen LogP contribution is 2.18. The number of benzene rings is 1. The van der Waals surface area contributed by atoms with Crippen LogP contribution in [0.1, 0.15) is 18.0 Å². The number of nitrogens with one attached hydrogen (secondary N) is 2. The van der Waals surface area contributed by atoms with Gasteiger partial charge in [-0.25, -0.2) is 0 Å². The molecule has 0 aliphatic carbocycles. The van der Waals surface area contributed by atoms with Crippen LogP contribution in [0.25, 0.3) is 0 Å². The maximum atomic E-state index is 11.4. The molecule has 1 saturated heterocycles. The third-order valence-corrected chi connectivity index (χ3v) is 2.70. The van der Waals surface area contributed by atoms with Gasteiger partial charge in [0.25, 0.3) is 0 Å². The lowest BCUT2D eigenvalue weighted by Gasteiger charge is -2.16. The molecular weight excluding hydrogens is 212 g/mol. The predicted molar refractivity (Wildman–Crippen MR) is 59.8 cm³/mol. The molecule has 2 N–H and O–H groups in total. The summed E-state index contributed by atoms with van der Waals surface area (Å²) < 4.78 is 0. The van der Waals surface area contributed by atoms with Gasteiger partial charge in [0, 0.05) is 24.5 Å². The van der Waals surface area contributed by atoms with E-state index in [1.807, 2.05) is 24.3 Å². The Morgan fingerprint density at radius 2 is 2.27 bits per heavy atom. The summed E-state index contributed by atoms with van der Waals surface area (Å²) in [4.78, 5) is 11.4. The Hall–Kier alpha value is -1.06. The van der Waals surface area contributed by atoms with Gasteiger partial charge in [-0.1, -0.05) is 23.7 Å². The molecule has 0 aromatic heterocycles. The smallest absolute Gasteiger partial charge is 0.221 e. The summed E-state index contributed by atoms with van der Waals surface area (Å²) in [5, 5.41) is 6.88. The number of rotatable bonds is 1. The van der Waals surface area contributed by atoms with E-state index in [0.717, 1.165) is 18.7 Å². The zero-order chi connectivity index (χ0) is 10.7. The van der Waals surface area contributed by atoms with Crippen molar-refractivity contribution in [3.8, 4) is 0 Å². The highest BCUT2D eigenvalue weighted by atomic mass is 35.5. The Bertz CT molecular complexity index is 367. The van der Waals surface area contributed by atoms with Gasteiger partial charge in [-0.2, -0.15) is 0 Å². The largest absolute Gasteiger partial charge is 0.348 e. The summed E-state index contributed by atoms with van der Waals surface area (Å²) in [6, 6.07) is 7.62. The van der Waals surface area contributed by atoms with Gasteiger partial charge >= 0.3 is 0 Å². The second kappa shape index (κ2) is 4.64. The third kappa shape index (κ3) is 2.70. The molecule has 15 heavy (non-hydrogen) atoms. The van der Waals surface area contributed by atoms with Gasteiger partial charge in [0.05, 0.1) is 6.04 Å². The maximum absolute atomic E-state index is 11.4. The minimum absolute atomic E-state index is 0.0266. The Labute approximate surface area is 93.8 Å². The summed E-state index contributed by atoms with van der Waals surface area (Å²) in [5.41, 5.74) is 1.05. The van der Waals surface area contributed by atoms with E-state index in [2.05, 4.69) is 10.6 Å². The van der Waals surface area contributed by atoms with Crippen LogP contribution < -0.4 is 10.6 Å². The van der Waals surface area contributed by atoms with E-state index in [1.165, 1.54) is 0 Å². The molecular formula is C11H13ClN2O. The molecule has 1 amide bonds. The minimum atomic E-state index is 0.0266. The first-order valence-corrected chi connectivity index (χ1v) is 5.39. The fraction of sp³-hybridized carbons (Fsp3) is 0.364. The Morgan fingerprint density at radius 3 is 3.07 bits per heavy atom. The van der Waals surface area contributed by atoms with Crippen LogP contribution in [0.15, 0.2) is 24.3 Å². The number of carbonyl (C=O) groups is 1. The van der Waals surface area contributed by atoms with Crippen LogP contribution >= 0.6 is 11.6 Å². The van der Waals surface area contributed by atoms with Crippen LogP contribution in [0.5, 0.6) is 0 Å². The first-order valence-electron chi connectivity index (χ1n) is 5.01. The van der Waals surface area contributed by atoms with Crippen molar-refractivity contribution in [1.82, 2.24) is 10.6 Å². The lowest BCUT2D eigenvalue weighted by molar-refractivity contribution is -0.121. The lowest BCUT2D eigenvalue weighted by atomic mass is 10.1. The summed E-state index contributed by atoms with van der Waals surface area (Å²) in [7, 11) is 0. The molecule has 1 aliphatic rings. The third-order valence-electron chi connectivity index (χ3n) is 2.46. The molecule has 1 fully saturated rings. The Kier molecular flexibility index (Phi) is 3.23. The van der Waals surface area contributed by atoms with Gasteiger partial charge in [0.15, 0.2) is 0 Å². The molecule has 1 atom stereocenters. The zero-order valence-corrected chi connectivity index (χ0v) is 9.05. The van der Waals surface area contributed by atoms with Crippen LogP contribution in [0.4, 0.5) is 0 Å². The van der Waals surface area contributed by atoms with Crippen molar-refractivity contribution < 1.29 is 4.79 Å². The first kappa shape index (κ1) is 10.5. The number of carbonyl (C=O) groups excluding carboxylic acids is 1. The lowest BCUT2D eigenvalue weighted by Crippen LogP contribution is -2.30. The fourth-order valence-electron chi connectivity index (χ4n) is 1.69. The molecule has 0 bridgehead atoms. The standard InChI is InChI=1S/C11H13ClN2O/c12-9-3-1-2-8(6-9)10-7-13-5-4-11(15)14-10/h1-3,6,10,13H,4-5,7H2,(H,14,15). The average molecular weight is 225 g/mol. The Morgan fingerprint density at radius 1 is 1.40 bits per heavy atom. The number of halogens is 1. The molecule has 0 saturated carbocycles. The van der Waals surface area contributed by atoms with Crippen LogP contribution in [0, 0.1) is 0 Å². The molecule has 2 rings (SSSR count). The molecule has 1 heterocycles. The van der Waals surface area contributed by atoms with E-state index in [1.54, 1.807) is 0 Å². The first-order chi connectivity index (χ1) is 7.25. The molecule has 4 heteroatoms. The van der Waals surface area contributed by atoms with Gasteiger partial charge < -0.3 is 10.6 Å². The molecule has 1 aromatic carbocycles. The number of amides is 1. The highest BCUT2D eigenvalue weighted by Gasteiger charge is 2.17. The van der Waals surface area contributed by atoms with Gasteiger partial charge in [-0.3, -0.25) is 4.79 Å². The normalized spacial score (nSPS) is 21.9. The van der Waals surface area contributed by atoms with Crippen molar-refractivity contribution in [3.63, 3.8) is 0 Å². The summed E-state index contributed by atoms with van der Waals surface area (Å²) in [5.74, 6) is 0.0879. The summed E-state index contributed by atoms with van der Waals surface area (Å²) >= 11 is 5.91. The van der Waals surface area contributed by atoms with Gasteiger partial charge in [-0.05, 0) is 17.7 Å². The molecule has 1 aromatic rings. The molecule has 80 valence electrons. The fourth-order valence-corrected chi connectivity index (χ4v) is 1.89. The quantitative estimate of drug-likeness (QED) is 0.759. The highest BCUT2D eigenvalue weighted by molar-refractivity contribution is 6.30. The van der Waals surface area contributed by atoms with E-state index in [-0.39, 0.29) is 11.9 Å². The maximum Gasteiger partial charge on any atom is 0.221 e. The van der Waals surface area contributed by atoms with Crippen molar-refractivity contribution in [3.05, 3.63) is 34.9 Å². The summed E-state index contributed by atoms with van der Waals surface area (Å²) in [6.07, 6.45) is 0.539. The van der Waals surface area contributed by atoms with Gasteiger partial charge in [-0.15, -0.1) is 0 Å². The average Bonchev–Trinajstić information content (AvgIpc) is 2.43. The monoisotopic (exact) mass is 224 g/mol. The molecule has 1 aliphatic heterocycles. The van der Waals surface area contributed by atoms with E-state index in [4.69, 9.17) is 11.6 Å².